The molecule has 0 fully saturated rings. The van der Waals surface area contributed by atoms with Crippen molar-refractivity contribution in [3.05, 3.63) is 41.2 Å². The third kappa shape index (κ3) is 3.32. The van der Waals surface area contributed by atoms with E-state index in [2.05, 4.69) is 9.97 Å². The SMILES string of the molecule is CCOC(=O)c1nc(-c2cccc(C)c2)[nH]c1C(C)(C)C. The van der Waals surface area contributed by atoms with Crippen molar-refractivity contribution in [1.29, 1.82) is 0 Å². The molecular weight excluding hydrogens is 264 g/mol. The number of ether oxygens (including phenoxy) is 1. The number of imidazole rings is 1. The van der Waals surface area contributed by atoms with Gasteiger partial charge in [0, 0.05) is 11.0 Å². The van der Waals surface area contributed by atoms with Crippen molar-refractivity contribution in [1.82, 2.24) is 9.97 Å². The van der Waals surface area contributed by atoms with Crippen LogP contribution in [0.4, 0.5) is 0 Å². The van der Waals surface area contributed by atoms with Crippen molar-refractivity contribution >= 4 is 5.97 Å². The number of hydrogen-bond acceptors (Lipinski definition) is 3. The minimum absolute atomic E-state index is 0.211. The highest BCUT2D eigenvalue weighted by Gasteiger charge is 2.27. The van der Waals surface area contributed by atoms with Gasteiger partial charge in [0.15, 0.2) is 5.69 Å². The number of nitrogens with zero attached hydrogens (tertiary/aromatic N) is 1. The van der Waals surface area contributed by atoms with Crippen molar-refractivity contribution in [3.63, 3.8) is 0 Å². The van der Waals surface area contributed by atoms with Gasteiger partial charge in [0.1, 0.15) is 5.82 Å². The summed E-state index contributed by atoms with van der Waals surface area (Å²) < 4.78 is 5.12. The first kappa shape index (κ1) is 15.3. The molecule has 1 N–H and O–H groups in total. The van der Waals surface area contributed by atoms with E-state index in [0.717, 1.165) is 16.8 Å². The fourth-order valence-electron chi connectivity index (χ4n) is 2.19. The van der Waals surface area contributed by atoms with Crippen LogP contribution in [-0.2, 0) is 10.2 Å². The molecular formula is C17H22N2O2. The number of carbonyl (C=O) groups is 1. The van der Waals surface area contributed by atoms with E-state index in [1.165, 1.54) is 0 Å². The molecule has 1 heterocycles. The normalized spacial score (nSPS) is 11.5. The number of aromatic nitrogens is 2. The Balaban J connectivity index is 2.53. The zero-order chi connectivity index (χ0) is 15.6. The lowest BCUT2D eigenvalue weighted by atomic mass is 9.91. The average Bonchev–Trinajstić information content (AvgIpc) is 2.84. The molecule has 2 aromatic rings. The predicted octanol–water partition coefficient (Wildman–Crippen LogP) is 3.86. The van der Waals surface area contributed by atoms with E-state index in [0.29, 0.717) is 18.1 Å². The second kappa shape index (κ2) is 5.72. The molecule has 112 valence electrons. The van der Waals surface area contributed by atoms with E-state index in [1.54, 1.807) is 6.92 Å². The van der Waals surface area contributed by atoms with Crippen LogP contribution >= 0.6 is 0 Å². The van der Waals surface area contributed by atoms with Crippen LogP contribution in [0, 0.1) is 6.92 Å². The summed E-state index contributed by atoms with van der Waals surface area (Å²) in [6, 6.07) is 8.03. The fraction of sp³-hybridized carbons (Fsp3) is 0.412. The van der Waals surface area contributed by atoms with Crippen molar-refractivity contribution in [2.45, 2.75) is 40.0 Å². The van der Waals surface area contributed by atoms with Crippen molar-refractivity contribution in [2.24, 2.45) is 0 Å². The number of rotatable bonds is 3. The maximum atomic E-state index is 12.1. The van der Waals surface area contributed by atoms with Crippen molar-refractivity contribution in [3.8, 4) is 11.4 Å². The molecule has 0 amide bonds. The third-order valence-electron chi connectivity index (χ3n) is 3.21. The molecule has 0 saturated heterocycles. The number of hydrogen-bond donors (Lipinski definition) is 1. The van der Waals surface area contributed by atoms with Gasteiger partial charge in [-0.25, -0.2) is 9.78 Å². The Hall–Kier alpha value is -2.10. The number of nitrogens with one attached hydrogen (secondary N) is 1. The lowest BCUT2D eigenvalue weighted by Gasteiger charge is -2.17. The Morgan fingerprint density at radius 2 is 2.05 bits per heavy atom. The molecule has 0 aliphatic rings. The van der Waals surface area contributed by atoms with E-state index in [-0.39, 0.29) is 11.4 Å². The number of carbonyl (C=O) groups excluding carboxylic acids is 1. The Kier molecular flexibility index (Phi) is 4.16. The van der Waals surface area contributed by atoms with Crippen LogP contribution in [0.15, 0.2) is 24.3 Å². The van der Waals surface area contributed by atoms with Gasteiger partial charge in [-0.05, 0) is 19.9 Å². The zero-order valence-corrected chi connectivity index (χ0v) is 13.3. The molecule has 21 heavy (non-hydrogen) atoms. The minimum Gasteiger partial charge on any atom is -0.461 e. The maximum absolute atomic E-state index is 12.1. The van der Waals surface area contributed by atoms with Crippen molar-refractivity contribution < 1.29 is 9.53 Å². The Morgan fingerprint density at radius 1 is 1.33 bits per heavy atom. The van der Waals surface area contributed by atoms with Gasteiger partial charge in [-0.15, -0.1) is 0 Å². The number of aromatic amines is 1. The highest BCUT2D eigenvalue weighted by atomic mass is 16.5. The van der Waals surface area contributed by atoms with E-state index < -0.39 is 0 Å². The predicted molar refractivity (Wildman–Crippen MR) is 83.4 cm³/mol. The molecule has 0 aliphatic carbocycles. The highest BCUT2D eigenvalue weighted by molar-refractivity contribution is 5.90. The van der Waals surface area contributed by atoms with E-state index >= 15 is 0 Å². The monoisotopic (exact) mass is 286 g/mol. The number of esters is 1. The molecule has 1 aromatic heterocycles. The third-order valence-corrected chi connectivity index (χ3v) is 3.21. The lowest BCUT2D eigenvalue weighted by molar-refractivity contribution is 0.0517. The van der Waals surface area contributed by atoms with Gasteiger partial charge in [-0.3, -0.25) is 0 Å². The van der Waals surface area contributed by atoms with Crippen molar-refractivity contribution in [2.75, 3.05) is 6.61 Å². The molecule has 2 rings (SSSR count). The summed E-state index contributed by atoms with van der Waals surface area (Å²) in [5, 5.41) is 0. The van der Waals surface area contributed by atoms with Gasteiger partial charge < -0.3 is 9.72 Å². The standard InChI is InChI=1S/C17H22N2O2/c1-6-21-16(20)13-14(17(3,4)5)19-15(18-13)12-9-7-8-11(2)10-12/h7-10H,6H2,1-5H3,(H,18,19). The summed E-state index contributed by atoms with van der Waals surface area (Å²) in [6.45, 7) is 10.3. The van der Waals surface area contributed by atoms with Gasteiger partial charge in [0.05, 0.1) is 12.3 Å². The van der Waals surface area contributed by atoms with E-state index in [4.69, 9.17) is 4.74 Å². The summed E-state index contributed by atoms with van der Waals surface area (Å²) in [5.74, 6) is 0.323. The smallest absolute Gasteiger partial charge is 0.358 e. The quantitative estimate of drug-likeness (QED) is 0.872. The van der Waals surface area contributed by atoms with Crippen LogP contribution in [0.25, 0.3) is 11.4 Å². The topological polar surface area (TPSA) is 55.0 Å². The first-order valence-corrected chi connectivity index (χ1v) is 7.17. The Bertz CT molecular complexity index is 651. The maximum Gasteiger partial charge on any atom is 0.358 e. The minimum atomic E-state index is -0.377. The van der Waals surface area contributed by atoms with Crippen LogP contribution in [0.3, 0.4) is 0 Å². The molecule has 1 aromatic carbocycles. The number of H-pyrrole nitrogens is 1. The summed E-state index contributed by atoms with van der Waals surface area (Å²) >= 11 is 0. The number of aryl methyl sites for hydroxylation is 1. The molecule has 0 atom stereocenters. The van der Waals surface area contributed by atoms with E-state index in [9.17, 15) is 4.79 Å². The Morgan fingerprint density at radius 3 is 2.62 bits per heavy atom. The summed E-state index contributed by atoms with van der Waals surface area (Å²) in [6.07, 6.45) is 0. The van der Waals surface area contributed by atoms with Crippen LogP contribution < -0.4 is 0 Å². The average molecular weight is 286 g/mol. The van der Waals surface area contributed by atoms with Crippen LogP contribution in [-0.4, -0.2) is 22.5 Å². The number of benzene rings is 1. The molecule has 0 saturated carbocycles. The first-order chi connectivity index (χ1) is 9.82. The molecule has 4 heteroatoms. The molecule has 0 unspecified atom stereocenters. The van der Waals surface area contributed by atoms with Gasteiger partial charge in [-0.2, -0.15) is 0 Å². The zero-order valence-electron chi connectivity index (χ0n) is 13.3. The van der Waals surface area contributed by atoms with Gasteiger partial charge in [0.25, 0.3) is 0 Å². The fourth-order valence-corrected chi connectivity index (χ4v) is 2.19. The second-order valence-corrected chi connectivity index (χ2v) is 6.15. The van der Waals surface area contributed by atoms with Gasteiger partial charge >= 0.3 is 5.97 Å². The largest absolute Gasteiger partial charge is 0.461 e. The highest BCUT2D eigenvalue weighted by Crippen LogP contribution is 2.28. The summed E-state index contributed by atoms with van der Waals surface area (Å²) in [4.78, 5) is 19.9. The van der Waals surface area contributed by atoms with Crippen LogP contribution in [0.2, 0.25) is 0 Å². The van der Waals surface area contributed by atoms with Gasteiger partial charge in [0.2, 0.25) is 0 Å². The van der Waals surface area contributed by atoms with E-state index in [1.807, 2.05) is 52.0 Å². The molecule has 0 aliphatic heterocycles. The second-order valence-electron chi connectivity index (χ2n) is 6.15. The first-order valence-electron chi connectivity index (χ1n) is 7.17. The van der Waals surface area contributed by atoms with Gasteiger partial charge in [-0.1, -0.05) is 44.5 Å². The Labute approximate surface area is 125 Å². The van der Waals surface area contributed by atoms with Crippen LogP contribution in [0.5, 0.6) is 0 Å². The molecule has 0 bridgehead atoms. The van der Waals surface area contributed by atoms with Crippen LogP contribution in [0.1, 0.15) is 49.4 Å². The molecule has 4 nitrogen and oxygen atoms in total. The summed E-state index contributed by atoms with van der Waals surface area (Å²) in [7, 11) is 0. The molecule has 0 spiro atoms. The summed E-state index contributed by atoms with van der Waals surface area (Å²) in [5.41, 5.74) is 3.09. The lowest BCUT2D eigenvalue weighted by Crippen LogP contribution is -2.18. The molecule has 0 radical (unpaired) electrons.